The lowest BCUT2D eigenvalue weighted by atomic mass is 10.2. The van der Waals surface area contributed by atoms with Crippen LogP contribution in [0, 0.1) is 0 Å². The van der Waals surface area contributed by atoms with Crippen molar-refractivity contribution in [1.82, 2.24) is 0 Å². The Kier molecular flexibility index (Phi) is 7.44. The monoisotopic (exact) mass is 406 g/mol. The van der Waals surface area contributed by atoms with Crippen LogP contribution >= 0.6 is 0 Å². The molecule has 0 amide bonds. The summed E-state index contributed by atoms with van der Waals surface area (Å²) in [5.41, 5.74) is 0. The van der Waals surface area contributed by atoms with Gasteiger partial charge in [0.2, 0.25) is 0 Å². The van der Waals surface area contributed by atoms with Gasteiger partial charge in [0, 0.05) is 0 Å². The summed E-state index contributed by atoms with van der Waals surface area (Å²) in [6.45, 7) is -7.45. The first-order valence-corrected chi connectivity index (χ1v) is 5.95. The van der Waals surface area contributed by atoms with Gasteiger partial charge in [0.1, 0.15) is 19.3 Å². The van der Waals surface area contributed by atoms with E-state index in [1.54, 1.807) is 0 Å². The summed E-state index contributed by atoms with van der Waals surface area (Å²) in [6, 6.07) is 0. The van der Waals surface area contributed by atoms with Crippen LogP contribution in [0.5, 0.6) is 0 Å². The van der Waals surface area contributed by atoms with Crippen LogP contribution in [0.25, 0.3) is 0 Å². The Labute approximate surface area is 131 Å². The molecule has 0 aliphatic heterocycles. The maximum absolute atomic E-state index is 12.8. The Morgan fingerprint density at radius 2 is 0.960 bits per heavy atom. The van der Waals surface area contributed by atoms with E-state index in [1.807, 2.05) is 0 Å². The first kappa shape index (κ1) is 24.0. The molecule has 0 aromatic carbocycles. The smallest absolute Gasteiger partial charge is 0.388 e. The van der Waals surface area contributed by atoms with Crippen molar-refractivity contribution in [2.45, 2.75) is 36.2 Å². The van der Waals surface area contributed by atoms with Crippen LogP contribution in [0.1, 0.15) is 0 Å². The number of hydrogen-bond acceptors (Lipinski definition) is 3. The predicted octanol–water partition coefficient (Wildman–Crippen LogP) is 3.41. The minimum atomic E-state index is -6.59. The lowest BCUT2D eigenvalue weighted by Crippen LogP contribution is -2.54. The molecule has 0 saturated carbocycles. The minimum Gasteiger partial charge on any atom is -0.388 e. The van der Waals surface area contributed by atoms with Crippen molar-refractivity contribution in [1.29, 1.82) is 0 Å². The summed E-state index contributed by atoms with van der Waals surface area (Å²) in [5.74, 6) is -17.4. The van der Waals surface area contributed by atoms with E-state index in [0.717, 1.165) is 0 Å². The van der Waals surface area contributed by atoms with Crippen molar-refractivity contribution in [3.8, 4) is 0 Å². The van der Waals surface area contributed by atoms with Gasteiger partial charge in [-0.25, -0.2) is 0 Å². The maximum Gasteiger partial charge on any atom is 0.459 e. The van der Waals surface area contributed by atoms with Crippen LogP contribution in [0.15, 0.2) is 0 Å². The van der Waals surface area contributed by atoms with Gasteiger partial charge < -0.3 is 14.6 Å². The van der Waals surface area contributed by atoms with E-state index in [0.29, 0.717) is 0 Å². The van der Waals surface area contributed by atoms with Crippen molar-refractivity contribution >= 4 is 0 Å². The van der Waals surface area contributed by atoms with Gasteiger partial charge in [-0.05, 0) is 0 Å². The fourth-order valence-corrected chi connectivity index (χ4v) is 1.07. The van der Waals surface area contributed by atoms with E-state index in [2.05, 4.69) is 9.47 Å². The Bertz CT molecular complexity index is 416. The van der Waals surface area contributed by atoms with E-state index in [-0.39, 0.29) is 0 Å². The van der Waals surface area contributed by atoms with Crippen LogP contribution in [-0.4, -0.2) is 67.8 Å². The molecular weight excluding hydrogens is 396 g/mol. The number of halogens is 12. The quantitative estimate of drug-likeness (QED) is 0.597. The van der Waals surface area contributed by atoms with Crippen LogP contribution < -0.4 is 0 Å². The van der Waals surface area contributed by atoms with E-state index >= 15 is 0 Å². The normalized spacial score (nSPS) is 16.2. The first-order chi connectivity index (χ1) is 10.9. The predicted molar refractivity (Wildman–Crippen MR) is 54.6 cm³/mol. The molecular formula is C10H10F12O3. The Morgan fingerprint density at radius 1 is 0.600 bits per heavy atom. The molecule has 0 bridgehead atoms. The van der Waals surface area contributed by atoms with Crippen molar-refractivity contribution in [2.75, 3.05) is 26.4 Å². The average molecular weight is 406 g/mol. The molecule has 0 saturated heterocycles. The summed E-state index contributed by atoms with van der Waals surface area (Å²) >= 11 is 0. The zero-order chi connectivity index (χ0) is 20.3. The van der Waals surface area contributed by atoms with Crippen LogP contribution in [-0.2, 0) is 9.47 Å². The van der Waals surface area contributed by atoms with E-state index in [1.165, 1.54) is 0 Å². The third-order valence-corrected chi connectivity index (χ3v) is 2.42. The molecule has 0 rings (SSSR count). The van der Waals surface area contributed by atoms with Crippen LogP contribution in [0.3, 0.4) is 0 Å². The number of alkyl halides is 12. The molecule has 0 heterocycles. The third-order valence-electron chi connectivity index (χ3n) is 2.42. The Hall–Kier alpha value is -0.960. The average Bonchev–Trinajstić information content (AvgIpc) is 2.35. The van der Waals surface area contributed by atoms with Crippen LogP contribution in [0.2, 0.25) is 0 Å². The highest BCUT2D eigenvalue weighted by Gasteiger charge is 2.73. The molecule has 1 unspecified atom stereocenters. The second-order valence-electron chi connectivity index (χ2n) is 4.66. The highest BCUT2D eigenvalue weighted by molar-refractivity contribution is 4.91. The van der Waals surface area contributed by atoms with Crippen molar-refractivity contribution in [3.05, 3.63) is 0 Å². The molecule has 25 heavy (non-hydrogen) atoms. The maximum atomic E-state index is 12.8. The standard InChI is InChI=1S/C10H10F12O3/c11-6(12,8(15,16)10(20,21)22)3-24-1-5(23)2-25-4-7(13,14)9(17,18)19/h5,23H,1-4H2. The molecule has 0 aromatic rings. The second kappa shape index (κ2) is 7.73. The molecule has 0 radical (unpaired) electrons. The van der Waals surface area contributed by atoms with Gasteiger partial charge in [0.15, 0.2) is 0 Å². The molecule has 0 aromatic heterocycles. The lowest BCUT2D eigenvalue weighted by Gasteiger charge is -2.28. The molecule has 152 valence electrons. The number of aliphatic hydroxyl groups is 1. The van der Waals surface area contributed by atoms with E-state index in [9.17, 15) is 52.7 Å². The summed E-state index contributed by atoms with van der Waals surface area (Å²) in [4.78, 5) is 0. The molecule has 15 heteroatoms. The van der Waals surface area contributed by atoms with Gasteiger partial charge in [-0.1, -0.05) is 0 Å². The van der Waals surface area contributed by atoms with E-state index < -0.39 is 62.7 Å². The summed E-state index contributed by atoms with van der Waals surface area (Å²) in [6.07, 6.45) is -14.7. The topological polar surface area (TPSA) is 38.7 Å². The molecule has 0 spiro atoms. The molecule has 0 fully saturated rings. The molecule has 0 aliphatic carbocycles. The number of hydrogen-bond donors (Lipinski definition) is 1. The fraction of sp³-hybridized carbons (Fsp3) is 1.00. The zero-order valence-electron chi connectivity index (χ0n) is 11.7. The first-order valence-electron chi connectivity index (χ1n) is 5.95. The van der Waals surface area contributed by atoms with Gasteiger partial charge in [0.05, 0.1) is 13.2 Å². The van der Waals surface area contributed by atoms with Gasteiger partial charge in [-0.3, -0.25) is 0 Å². The third kappa shape index (κ3) is 6.36. The van der Waals surface area contributed by atoms with Crippen molar-refractivity contribution < 1.29 is 67.3 Å². The van der Waals surface area contributed by atoms with Crippen molar-refractivity contribution in [2.24, 2.45) is 0 Å². The van der Waals surface area contributed by atoms with Crippen molar-refractivity contribution in [3.63, 3.8) is 0 Å². The second-order valence-corrected chi connectivity index (χ2v) is 4.66. The number of rotatable bonds is 9. The summed E-state index contributed by atoms with van der Waals surface area (Å²) < 4.78 is 153. The van der Waals surface area contributed by atoms with Crippen LogP contribution in [0.4, 0.5) is 52.7 Å². The van der Waals surface area contributed by atoms with Gasteiger partial charge in [-0.2, -0.15) is 52.7 Å². The lowest BCUT2D eigenvalue weighted by molar-refractivity contribution is -0.361. The summed E-state index contributed by atoms with van der Waals surface area (Å²) in [5, 5.41) is 8.98. The molecule has 1 N–H and O–H groups in total. The Balaban J connectivity index is 4.35. The van der Waals surface area contributed by atoms with Gasteiger partial charge in [-0.15, -0.1) is 0 Å². The molecule has 3 nitrogen and oxygen atoms in total. The Morgan fingerprint density at radius 3 is 1.28 bits per heavy atom. The molecule has 1 atom stereocenters. The molecule has 0 aliphatic rings. The largest absolute Gasteiger partial charge is 0.459 e. The number of aliphatic hydroxyl groups excluding tert-OH is 1. The highest BCUT2D eigenvalue weighted by Crippen LogP contribution is 2.46. The minimum absolute atomic E-state index is 1.31. The highest BCUT2D eigenvalue weighted by atomic mass is 19.4. The van der Waals surface area contributed by atoms with Gasteiger partial charge in [0.25, 0.3) is 0 Å². The SMILES string of the molecule is OC(COCC(F)(F)C(F)(F)F)COCC(F)(F)C(F)(F)C(F)(F)F. The fourth-order valence-electron chi connectivity index (χ4n) is 1.07. The van der Waals surface area contributed by atoms with E-state index in [4.69, 9.17) is 5.11 Å². The summed E-state index contributed by atoms with van der Waals surface area (Å²) in [7, 11) is 0. The van der Waals surface area contributed by atoms with Gasteiger partial charge >= 0.3 is 30.1 Å². The zero-order valence-corrected chi connectivity index (χ0v) is 11.7. The number of ether oxygens (including phenoxy) is 2.